The maximum atomic E-state index is 5.87. The van der Waals surface area contributed by atoms with Gasteiger partial charge in [-0.3, -0.25) is 0 Å². The standard InChI is InChI=1S/C17H16N4OS3/c1-8-9(2)24-16-13(8)17(19-11(4)18-16)25-10(3)14-20-21-15(22-14)12-6-5-7-23-12/h5-7,10H,1-4H3/t10-/m1/s1. The second kappa shape index (κ2) is 6.51. The molecule has 0 aliphatic carbocycles. The highest BCUT2D eigenvalue weighted by atomic mass is 32.2. The summed E-state index contributed by atoms with van der Waals surface area (Å²) >= 11 is 4.95. The fraction of sp³-hybridized carbons (Fsp3) is 0.294. The number of aromatic nitrogens is 4. The molecule has 4 rings (SSSR count). The van der Waals surface area contributed by atoms with Crippen LogP contribution in [0.1, 0.15) is 34.3 Å². The average molecular weight is 389 g/mol. The lowest BCUT2D eigenvalue weighted by Gasteiger charge is -2.08. The first-order valence-corrected chi connectivity index (χ1v) is 10.4. The Labute approximate surface area is 157 Å². The molecule has 128 valence electrons. The quantitative estimate of drug-likeness (QED) is 0.336. The topological polar surface area (TPSA) is 64.7 Å². The molecule has 0 aliphatic rings. The Balaban J connectivity index is 1.67. The fourth-order valence-corrected chi connectivity index (χ4v) is 5.38. The maximum Gasteiger partial charge on any atom is 0.257 e. The van der Waals surface area contributed by atoms with Gasteiger partial charge in [-0.2, -0.15) is 0 Å². The molecule has 4 heterocycles. The van der Waals surface area contributed by atoms with Crippen LogP contribution in [0.3, 0.4) is 0 Å². The summed E-state index contributed by atoms with van der Waals surface area (Å²) in [6.45, 7) is 8.25. The third kappa shape index (κ3) is 3.09. The van der Waals surface area contributed by atoms with Crippen LogP contribution in [0.15, 0.2) is 27.0 Å². The minimum Gasteiger partial charge on any atom is -0.419 e. The van der Waals surface area contributed by atoms with Crippen molar-refractivity contribution in [3.63, 3.8) is 0 Å². The van der Waals surface area contributed by atoms with Crippen molar-refractivity contribution >= 4 is 44.7 Å². The van der Waals surface area contributed by atoms with Crippen LogP contribution in [-0.2, 0) is 0 Å². The normalized spacial score (nSPS) is 12.8. The molecule has 0 N–H and O–H groups in total. The third-order valence-corrected chi connectivity index (χ3v) is 6.95. The number of thioether (sulfide) groups is 1. The molecule has 4 aromatic rings. The Bertz CT molecular complexity index is 1040. The van der Waals surface area contributed by atoms with E-state index in [0.717, 1.165) is 25.9 Å². The van der Waals surface area contributed by atoms with Crippen LogP contribution < -0.4 is 0 Å². The monoisotopic (exact) mass is 388 g/mol. The summed E-state index contributed by atoms with van der Waals surface area (Å²) in [7, 11) is 0. The zero-order valence-electron chi connectivity index (χ0n) is 14.2. The molecule has 5 nitrogen and oxygen atoms in total. The molecular formula is C17H16N4OS3. The molecule has 8 heteroatoms. The van der Waals surface area contributed by atoms with E-state index in [-0.39, 0.29) is 5.25 Å². The lowest BCUT2D eigenvalue weighted by atomic mass is 10.2. The summed E-state index contributed by atoms with van der Waals surface area (Å²) in [6, 6.07) is 3.96. The second-order valence-corrected chi connectivity index (χ2v) is 9.20. The Kier molecular flexibility index (Phi) is 4.35. The van der Waals surface area contributed by atoms with Gasteiger partial charge in [-0.15, -0.1) is 32.9 Å². The summed E-state index contributed by atoms with van der Waals surface area (Å²) in [4.78, 5) is 12.6. The van der Waals surface area contributed by atoms with Gasteiger partial charge >= 0.3 is 0 Å². The number of rotatable bonds is 4. The van der Waals surface area contributed by atoms with Crippen molar-refractivity contribution in [3.8, 4) is 10.8 Å². The van der Waals surface area contributed by atoms with E-state index in [1.54, 1.807) is 34.4 Å². The molecule has 0 saturated carbocycles. The summed E-state index contributed by atoms with van der Waals surface area (Å²) in [6.07, 6.45) is 0. The number of thiophene rings is 2. The molecule has 0 aliphatic heterocycles. The lowest BCUT2D eigenvalue weighted by molar-refractivity contribution is 0.510. The van der Waals surface area contributed by atoms with Crippen molar-refractivity contribution in [3.05, 3.63) is 39.7 Å². The van der Waals surface area contributed by atoms with Crippen LogP contribution >= 0.6 is 34.4 Å². The summed E-state index contributed by atoms with van der Waals surface area (Å²) in [5.74, 6) is 1.97. The predicted molar refractivity (Wildman–Crippen MR) is 104 cm³/mol. The van der Waals surface area contributed by atoms with Crippen molar-refractivity contribution in [2.24, 2.45) is 0 Å². The summed E-state index contributed by atoms with van der Waals surface area (Å²) in [5.41, 5.74) is 1.25. The van der Waals surface area contributed by atoms with Crippen molar-refractivity contribution in [2.75, 3.05) is 0 Å². The summed E-state index contributed by atoms with van der Waals surface area (Å²) in [5, 5.41) is 12.5. The fourth-order valence-electron chi connectivity index (χ4n) is 2.52. The van der Waals surface area contributed by atoms with Crippen LogP contribution in [0.25, 0.3) is 21.0 Å². The van der Waals surface area contributed by atoms with Gasteiger partial charge in [0.2, 0.25) is 5.89 Å². The first-order chi connectivity index (χ1) is 12.0. The predicted octanol–water partition coefficient (Wildman–Crippen LogP) is 5.58. The molecule has 25 heavy (non-hydrogen) atoms. The Morgan fingerprint density at radius 2 is 2.00 bits per heavy atom. The summed E-state index contributed by atoms with van der Waals surface area (Å²) < 4.78 is 5.87. The van der Waals surface area contributed by atoms with Crippen molar-refractivity contribution < 1.29 is 4.42 Å². The van der Waals surface area contributed by atoms with Crippen LogP contribution in [0.5, 0.6) is 0 Å². The number of hydrogen-bond acceptors (Lipinski definition) is 8. The molecular weight excluding hydrogens is 372 g/mol. The van der Waals surface area contributed by atoms with Crippen molar-refractivity contribution in [1.82, 2.24) is 20.2 Å². The maximum absolute atomic E-state index is 5.87. The first kappa shape index (κ1) is 16.7. The molecule has 4 aromatic heterocycles. The number of nitrogens with zero attached hydrogens (tertiary/aromatic N) is 4. The zero-order valence-corrected chi connectivity index (χ0v) is 16.7. The largest absolute Gasteiger partial charge is 0.419 e. The van der Waals surface area contributed by atoms with Gasteiger partial charge in [0, 0.05) is 10.3 Å². The van der Waals surface area contributed by atoms with Gasteiger partial charge in [0.25, 0.3) is 5.89 Å². The van der Waals surface area contributed by atoms with Gasteiger partial charge in [-0.1, -0.05) is 17.8 Å². The molecule has 0 bridgehead atoms. The third-order valence-electron chi connectivity index (χ3n) is 3.92. The molecule has 0 spiro atoms. The van der Waals surface area contributed by atoms with Gasteiger partial charge in [0.15, 0.2) is 0 Å². The smallest absolute Gasteiger partial charge is 0.257 e. The average Bonchev–Trinajstić information content (AvgIpc) is 3.28. The molecule has 0 saturated heterocycles. The van der Waals surface area contributed by atoms with Gasteiger partial charge in [0.05, 0.1) is 10.1 Å². The first-order valence-electron chi connectivity index (χ1n) is 7.81. The second-order valence-electron chi connectivity index (χ2n) is 5.72. The number of fused-ring (bicyclic) bond motifs is 1. The van der Waals surface area contributed by atoms with E-state index in [1.165, 1.54) is 10.4 Å². The molecule has 0 aromatic carbocycles. The lowest BCUT2D eigenvalue weighted by Crippen LogP contribution is -1.95. The van der Waals surface area contributed by atoms with E-state index in [9.17, 15) is 0 Å². The minimum absolute atomic E-state index is 0.0123. The van der Waals surface area contributed by atoms with Gasteiger partial charge in [-0.05, 0) is 44.7 Å². The van der Waals surface area contributed by atoms with Gasteiger partial charge in [-0.25, -0.2) is 9.97 Å². The van der Waals surface area contributed by atoms with Crippen LogP contribution in [0, 0.1) is 20.8 Å². The van der Waals surface area contributed by atoms with Crippen molar-refractivity contribution in [2.45, 2.75) is 38.0 Å². The van der Waals surface area contributed by atoms with E-state index in [4.69, 9.17) is 4.42 Å². The van der Waals surface area contributed by atoms with Gasteiger partial charge < -0.3 is 4.42 Å². The van der Waals surface area contributed by atoms with Crippen LogP contribution in [0.2, 0.25) is 0 Å². The van der Waals surface area contributed by atoms with Gasteiger partial charge in [0.1, 0.15) is 15.7 Å². The number of aryl methyl sites for hydroxylation is 3. The highest BCUT2D eigenvalue weighted by Gasteiger charge is 2.21. The highest BCUT2D eigenvalue weighted by Crippen LogP contribution is 2.41. The zero-order chi connectivity index (χ0) is 17.6. The van der Waals surface area contributed by atoms with Crippen LogP contribution in [0.4, 0.5) is 0 Å². The van der Waals surface area contributed by atoms with Crippen LogP contribution in [-0.4, -0.2) is 20.2 Å². The highest BCUT2D eigenvalue weighted by molar-refractivity contribution is 7.99. The Morgan fingerprint density at radius 3 is 2.76 bits per heavy atom. The van der Waals surface area contributed by atoms with Crippen molar-refractivity contribution in [1.29, 1.82) is 0 Å². The number of hydrogen-bond donors (Lipinski definition) is 0. The van der Waals surface area contributed by atoms with E-state index >= 15 is 0 Å². The van der Waals surface area contributed by atoms with E-state index < -0.39 is 0 Å². The molecule has 0 unspecified atom stereocenters. The Morgan fingerprint density at radius 1 is 1.16 bits per heavy atom. The molecule has 0 amide bonds. The molecule has 0 fully saturated rings. The minimum atomic E-state index is 0.0123. The molecule has 0 radical (unpaired) electrons. The van der Waals surface area contributed by atoms with E-state index in [1.807, 2.05) is 24.4 Å². The molecule has 1 atom stereocenters. The SMILES string of the molecule is Cc1nc(S[C@H](C)c2nnc(-c3cccs3)o2)c2c(C)c(C)sc2n1. The van der Waals surface area contributed by atoms with E-state index in [2.05, 4.69) is 40.9 Å². The van der Waals surface area contributed by atoms with E-state index in [0.29, 0.717) is 11.8 Å². The Hall–Kier alpha value is -1.77.